The summed E-state index contributed by atoms with van der Waals surface area (Å²) >= 11 is 0. The van der Waals surface area contributed by atoms with Crippen molar-refractivity contribution in [2.75, 3.05) is 7.11 Å². The van der Waals surface area contributed by atoms with Crippen molar-refractivity contribution >= 4 is 12.6 Å². The highest BCUT2D eigenvalue weighted by Crippen LogP contribution is 2.10. The Labute approximate surface area is 83.5 Å². The Bertz CT molecular complexity index is 377. The van der Waals surface area contributed by atoms with Crippen LogP contribution in [-0.4, -0.2) is 24.3 Å². The summed E-state index contributed by atoms with van der Waals surface area (Å²) in [4.78, 5) is 0. The molecule has 0 bridgehead atoms. The normalized spacial score (nSPS) is 8.86. The molecule has 0 unspecified atom stereocenters. The number of ether oxygens (including phenoxy) is 1. The molecule has 0 spiro atoms. The summed E-state index contributed by atoms with van der Waals surface area (Å²) in [5.41, 5.74) is 0.960. The number of rotatable bonds is 2. The van der Waals surface area contributed by atoms with E-state index in [1.54, 1.807) is 32.2 Å². The Morgan fingerprint density at radius 3 is 2.57 bits per heavy atom. The lowest BCUT2D eigenvalue weighted by Crippen LogP contribution is -2.32. The molecule has 1 aromatic carbocycles. The fourth-order valence-electron chi connectivity index (χ4n) is 1.13. The van der Waals surface area contributed by atoms with Gasteiger partial charge in [-0.3, -0.25) is 0 Å². The van der Waals surface area contributed by atoms with E-state index >= 15 is 0 Å². The highest BCUT2D eigenvalue weighted by atomic mass is 16.5. The second-order valence-corrected chi connectivity index (χ2v) is 2.70. The van der Waals surface area contributed by atoms with Crippen LogP contribution in [0.4, 0.5) is 0 Å². The molecule has 14 heavy (non-hydrogen) atoms. The van der Waals surface area contributed by atoms with Gasteiger partial charge in [-0.1, -0.05) is 12.0 Å². The van der Waals surface area contributed by atoms with Gasteiger partial charge in [0.15, 0.2) is 0 Å². The van der Waals surface area contributed by atoms with E-state index in [4.69, 9.17) is 14.8 Å². The molecule has 0 aliphatic heterocycles. The van der Waals surface area contributed by atoms with E-state index in [1.165, 1.54) is 0 Å². The molecule has 3 nitrogen and oxygen atoms in total. The van der Waals surface area contributed by atoms with Crippen molar-refractivity contribution in [1.29, 1.82) is 0 Å². The Morgan fingerprint density at radius 1 is 1.36 bits per heavy atom. The average Bonchev–Trinajstić information content (AvgIpc) is 2.17. The van der Waals surface area contributed by atoms with Gasteiger partial charge in [-0.25, -0.2) is 0 Å². The van der Waals surface area contributed by atoms with Gasteiger partial charge in [0.2, 0.25) is 0 Å². The number of methoxy groups -OCH3 is 1. The molecular formula is C10H11BO3. The van der Waals surface area contributed by atoms with E-state index in [2.05, 4.69) is 11.8 Å². The monoisotopic (exact) mass is 190 g/mol. The molecule has 0 saturated carbocycles. The lowest BCUT2D eigenvalue weighted by atomic mass is 9.77. The fourth-order valence-corrected chi connectivity index (χ4v) is 1.13. The molecule has 0 aliphatic rings. The van der Waals surface area contributed by atoms with E-state index < -0.39 is 7.12 Å². The van der Waals surface area contributed by atoms with Crippen molar-refractivity contribution in [3.8, 4) is 17.6 Å². The molecule has 0 saturated heterocycles. The van der Waals surface area contributed by atoms with Crippen LogP contribution < -0.4 is 10.2 Å². The fraction of sp³-hybridized carbons (Fsp3) is 0.200. The topological polar surface area (TPSA) is 49.7 Å². The zero-order valence-electron chi connectivity index (χ0n) is 8.11. The Balaban J connectivity index is 3.21. The zero-order chi connectivity index (χ0) is 10.6. The summed E-state index contributed by atoms with van der Waals surface area (Å²) in [5.74, 6) is 6.13. The largest absolute Gasteiger partial charge is 0.497 e. The van der Waals surface area contributed by atoms with E-state index in [9.17, 15) is 0 Å². The Kier molecular flexibility index (Phi) is 3.58. The van der Waals surface area contributed by atoms with Gasteiger partial charge in [-0.2, -0.15) is 0 Å². The van der Waals surface area contributed by atoms with Crippen molar-refractivity contribution in [3.05, 3.63) is 23.8 Å². The van der Waals surface area contributed by atoms with E-state index in [-0.39, 0.29) is 0 Å². The maximum absolute atomic E-state index is 9.04. The second kappa shape index (κ2) is 4.70. The molecule has 0 heterocycles. The first-order chi connectivity index (χ1) is 6.69. The molecule has 0 atom stereocenters. The summed E-state index contributed by atoms with van der Waals surface area (Å²) < 4.78 is 5.00. The highest BCUT2D eigenvalue weighted by Gasteiger charge is 2.15. The first-order valence-corrected chi connectivity index (χ1v) is 4.16. The molecule has 1 aromatic rings. The van der Waals surface area contributed by atoms with Gasteiger partial charge in [0.25, 0.3) is 0 Å². The van der Waals surface area contributed by atoms with E-state index in [0.29, 0.717) is 16.8 Å². The summed E-state index contributed by atoms with van der Waals surface area (Å²) in [6.07, 6.45) is 0. The SMILES string of the molecule is CC#Cc1cc(OC)ccc1B(O)O. The minimum Gasteiger partial charge on any atom is -0.497 e. The van der Waals surface area contributed by atoms with Crippen molar-refractivity contribution in [2.45, 2.75) is 6.92 Å². The predicted octanol–water partition coefficient (Wildman–Crippen LogP) is -0.254. The maximum atomic E-state index is 9.04. The van der Waals surface area contributed by atoms with Gasteiger partial charge < -0.3 is 14.8 Å². The van der Waals surface area contributed by atoms with Crippen LogP contribution in [0.25, 0.3) is 0 Å². The van der Waals surface area contributed by atoms with Crippen LogP contribution >= 0.6 is 0 Å². The van der Waals surface area contributed by atoms with Crippen molar-refractivity contribution in [2.24, 2.45) is 0 Å². The van der Waals surface area contributed by atoms with Crippen LogP contribution in [0.3, 0.4) is 0 Å². The minimum absolute atomic E-state index is 0.389. The predicted molar refractivity (Wildman–Crippen MR) is 55.4 cm³/mol. The highest BCUT2D eigenvalue weighted by molar-refractivity contribution is 6.59. The Morgan fingerprint density at radius 2 is 2.07 bits per heavy atom. The van der Waals surface area contributed by atoms with Gasteiger partial charge in [-0.05, 0) is 24.5 Å². The van der Waals surface area contributed by atoms with E-state index in [0.717, 1.165) is 0 Å². The average molecular weight is 190 g/mol. The van der Waals surface area contributed by atoms with Crippen LogP contribution in [0.1, 0.15) is 12.5 Å². The molecule has 72 valence electrons. The van der Waals surface area contributed by atoms with Gasteiger partial charge in [0, 0.05) is 5.56 Å². The third-order valence-corrected chi connectivity index (χ3v) is 1.80. The molecule has 0 amide bonds. The summed E-state index contributed by atoms with van der Waals surface area (Å²) in [6, 6.07) is 4.92. The quantitative estimate of drug-likeness (QED) is 0.499. The van der Waals surface area contributed by atoms with Crippen LogP contribution in [0.5, 0.6) is 5.75 Å². The first kappa shape index (κ1) is 10.6. The number of benzene rings is 1. The molecule has 0 aromatic heterocycles. The molecule has 0 radical (unpaired) electrons. The standard InChI is InChI=1S/C10H11BO3/c1-3-4-8-7-9(14-2)5-6-10(8)11(12)13/h5-7,12-13H,1-2H3. The summed E-state index contributed by atoms with van der Waals surface area (Å²) in [6.45, 7) is 1.69. The van der Waals surface area contributed by atoms with Crippen molar-refractivity contribution in [3.63, 3.8) is 0 Å². The van der Waals surface area contributed by atoms with Gasteiger partial charge in [0.05, 0.1) is 7.11 Å². The minimum atomic E-state index is -1.50. The number of hydrogen-bond acceptors (Lipinski definition) is 3. The van der Waals surface area contributed by atoms with Gasteiger partial charge in [-0.15, -0.1) is 5.92 Å². The van der Waals surface area contributed by atoms with E-state index in [1.807, 2.05) is 0 Å². The molecule has 0 fully saturated rings. The third kappa shape index (κ3) is 2.29. The molecule has 4 heteroatoms. The summed E-state index contributed by atoms with van der Waals surface area (Å²) in [5, 5.41) is 18.1. The van der Waals surface area contributed by atoms with Crippen LogP contribution in [0.15, 0.2) is 18.2 Å². The Hall–Kier alpha value is -1.44. The van der Waals surface area contributed by atoms with Crippen LogP contribution in [0.2, 0.25) is 0 Å². The van der Waals surface area contributed by atoms with Gasteiger partial charge >= 0.3 is 7.12 Å². The van der Waals surface area contributed by atoms with Crippen LogP contribution in [-0.2, 0) is 0 Å². The number of hydrogen-bond donors (Lipinski definition) is 2. The third-order valence-electron chi connectivity index (χ3n) is 1.80. The maximum Gasteiger partial charge on any atom is 0.489 e. The molecule has 0 aliphatic carbocycles. The van der Waals surface area contributed by atoms with Gasteiger partial charge in [0.1, 0.15) is 5.75 Å². The summed E-state index contributed by atoms with van der Waals surface area (Å²) in [7, 11) is 0.0461. The lowest BCUT2D eigenvalue weighted by molar-refractivity contribution is 0.414. The second-order valence-electron chi connectivity index (χ2n) is 2.70. The molecule has 2 N–H and O–H groups in total. The van der Waals surface area contributed by atoms with Crippen molar-refractivity contribution in [1.82, 2.24) is 0 Å². The molecular weight excluding hydrogens is 179 g/mol. The van der Waals surface area contributed by atoms with Crippen molar-refractivity contribution < 1.29 is 14.8 Å². The zero-order valence-corrected chi connectivity index (χ0v) is 8.11. The lowest BCUT2D eigenvalue weighted by Gasteiger charge is -2.05. The first-order valence-electron chi connectivity index (χ1n) is 4.16. The van der Waals surface area contributed by atoms with Crippen LogP contribution in [0, 0.1) is 11.8 Å². The molecule has 1 rings (SSSR count). The smallest absolute Gasteiger partial charge is 0.489 e.